The van der Waals surface area contributed by atoms with Gasteiger partial charge < -0.3 is 28.7 Å². The zero-order valence-electron chi connectivity index (χ0n) is 28.0. The molecule has 10 nitrogen and oxygen atoms in total. The third-order valence-corrected chi connectivity index (χ3v) is 8.64. The standard InChI is InChI=1S/C40H36N4O6/c1-47-33-13-8-27(9-14-33)24-43(25-28-10-15-34(48-2)16-11-28)40(46)35-22-32(18-19-42-35)44-26-31(21-39(44)45)29-12-17-37(49-3)38(20-29)50-36-7-5-4-6-30(36)23-41/h4-20,22,31H,21,24-26H2,1-3H3. The number of anilines is 1. The second kappa shape index (κ2) is 15.3. The molecule has 1 unspecified atom stereocenters. The van der Waals surface area contributed by atoms with E-state index in [4.69, 9.17) is 18.9 Å². The number of ether oxygens (including phenoxy) is 4. The van der Waals surface area contributed by atoms with Crippen LogP contribution in [0.1, 0.15) is 45.1 Å². The Hall–Kier alpha value is -6.34. The highest BCUT2D eigenvalue weighted by molar-refractivity contribution is 5.98. The number of nitriles is 1. The molecule has 1 saturated heterocycles. The summed E-state index contributed by atoms with van der Waals surface area (Å²) in [6.45, 7) is 1.08. The fraction of sp³-hybridized carbons (Fsp3) is 0.200. The summed E-state index contributed by atoms with van der Waals surface area (Å²) in [5.74, 6) is 2.35. The van der Waals surface area contributed by atoms with Gasteiger partial charge in [-0.15, -0.1) is 0 Å². The predicted molar refractivity (Wildman–Crippen MR) is 188 cm³/mol. The van der Waals surface area contributed by atoms with Gasteiger partial charge in [0.05, 0.1) is 26.9 Å². The Morgan fingerprint density at radius 3 is 2.10 bits per heavy atom. The maximum atomic E-state index is 14.1. The summed E-state index contributed by atoms with van der Waals surface area (Å²) < 4.78 is 22.3. The molecule has 0 radical (unpaired) electrons. The summed E-state index contributed by atoms with van der Waals surface area (Å²) in [6.07, 6.45) is 1.83. The first-order valence-corrected chi connectivity index (χ1v) is 16.1. The van der Waals surface area contributed by atoms with Crippen LogP contribution in [0.2, 0.25) is 0 Å². The lowest BCUT2D eigenvalue weighted by Crippen LogP contribution is -2.31. The number of para-hydroxylation sites is 1. The summed E-state index contributed by atoms with van der Waals surface area (Å²) in [4.78, 5) is 35.4. The van der Waals surface area contributed by atoms with E-state index in [0.29, 0.717) is 48.1 Å². The molecule has 1 atom stereocenters. The smallest absolute Gasteiger partial charge is 0.273 e. The van der Waals surface area contributed by atoms with Crippen LogP contribution in [0.4, 0.5) is 5.69 Å². The largest absolute Gasteiger partial charge is 0.497 e. The number of benzene rings is 4. The number of nitrogens with zero attached hydrogens (tertiary/aromatic N) is 4. The van der Waals surface area contributed by atoms with E-state index in [2.05, 4.69) is 11.1 Å². The lowest BCUT2D eigenvalue weighted by molar-refractivity contribution is -0.117. The molecular weight excluding hydrogens is 632 g/mol. The Balaban J connectivity index is 1.23. The van der Waals surface area contributed by atoms with E-state index in [0.717, 1.165) is 28.2 Å². The Labute approximate surface area is 291 Å². The molecule has 0 saturated carbocycles. The first-order valence-electron chi connectivity index (χ1n) is 16.1. The maximum absolute atomic E-state index is 14.1. The van der Waals surface area contributed by atoms with E-state index in [9.17, 15) is 14.9 Å². The first kappa shape index (κ1) is 33.6. The maximum Gasteiger partial charge on any atom is 0.273 e. The van der Waals surface area contributed by atoms with Gasteiger partial charge in [0.1, 0.15) is 29.0 Å². The van der Waals surface area contributed by atoms with Crippen molar-refractivity contribution in [3.63, 3.8) is 0 Å². The number of amides is 2. The van der Waals surface area contributed by atoms with Crippen LogP contribution >= 0.6 is 0 Å². The molecule has 0 spiro atoms. The van der Waals surface area contributed by atoms with Crippen LogP contribution in [0.3, 0.4) is 0 Å². The highest BCUT2D eigenvalue weighted by Gasteiger charge is 2.33. The van der Waals surface area contributed by atoms with Crippen molar-refractivity contribution < 1.29 is 28.5 Å². The van der Waals surface area contributed by atoms with Crippen molar-refractivity contribution in [2.24, 2.45) is 0 Å². The number of carbonyl (C=O) groups is 2. The highest BCUT2D eigenvalue weighted by Crippen LogP contribution is 2.39. The molecule has 2 amide bonds. The minimum absolute atomic E-state index is 0.0685. The molecule has 0 N–H and O–H groups in total. The van der Waals surface area contributed by atoms with Gasteiger partial charge in [-0.3, -0.25) is 14.6 Å². The quantitative estimate of drug-likeness (QED) is 0.138. The van der Waals surface area contributed by atoms with Crippen LogP contribution in [0.5, 0.6) is 28.7 Å². The molecule has 1 aliphatic heterocycles. The van der Waals surface area contributed by atoms with Gasteiger partial charge in [-0.25, -0.2) is 0 Å². The van der Waals surface area contributed by atoms with Crippen LogP contribution in [0.15, 0.2) is 109 Å². The van der Waals surface area contributed by atoms with E-state index in [-0.39, 0.29) is 29.8 Å². The molecule has 10 heteroatoms. The van der Waals surface area contributed by atoms with Gasteiger partial charge in [0, 0.05) is 43.9 Å². The number of hydrogen-bond acceptors (Lipinski definition) is 8. The molecular formula is C40H36N4O6. The van der Waals surface area contributed by atoms with Gasteiger partial charge in [-0.05, 0) is 77.4 Å². The molecule has 50 heavy (non-hydrogen) atoms. The van der Waals surface area contributed by atoms with Gasteiger partial charge in [0.15, 0.2) is 11.5 Å². The third-order valence-electron chi connectivity index (χ3n) is 8.64. The molecule has 0 bridgehead atoms. The van der Waals surface area contributed by atoms with Gasteiger partial charge >= 0.3 is 0 Å². The monoisotopic (exact) mass is 668 g/mol. The minimum atomic E-state index is -0.267. The minimum Gasteiger partial charge on any atom is -0.497 e. The van der Waals surface area contributed by atoms with Crippen LogP contribution in [-0.2, 0) is 17.9 Å². The fourth-order valence-corrected chi connectivity index (χ4v) is 5.94. The average molecular weight is 669 g/mol. The van der Waals surface area contributed by atoms with Gasteiger partial charge in [-0.2, -0.15) is 5.26 Å². The third kappa shape index (κ3) is 7.53. The summed E-state index contributed by atoms with van der Waals surface area (Å²) in [6, 6.07) is 33.3. The first-order chi connectivity index (χ1) is 24.4. The average Bonchev–Trinajstić information content (AvgIpc) is 3.56. The van der Waals surface area contributed by atoms with E-state index < -0.39 is 0 Å². The molecule has 4 aromatic carbocycles. The lowest BCUT2D eigenvalue weighted by Gasteiger charge is -2.24. The number of hydrogen-bond donors (Lipinski definition) is 0. The number of methoxy groups -OCH3 is 3. The zero-order valence-corrected chi connectivity index (χ0v) is 28.0. The second-order valence-corrected chi connectivity index (χ2v) is 11.8. The summed E-state index contributed by atoms with van der Waals surface area (Å²) in [7, 11) is 4.78. The van der Waals surface area contributed by atoms with Gasteiger partial charge in [0.2, 0.25) is 5.91 Å². The Morgan fingerprint density at radius 2 is 1.48 bits per heavy atom. The van der Waals surface area contributed by atoms with Crippen molar-refractivity contribution in [1.29, 1.82) is 5.26 Å². The molecule has 252 valence electrons. The fourth-order valence-electron chi connectivity index (χ4n) is 5.94. The molecule has 1 aromatic heterocycles. The van der Waals surface area contributed by atoms with Crippen molar-refractivity contribution in [3.8, 4) is 34.8 Å². The van der Waals surface area contributed by atoms with Crippen LogP contribution in [-0.4, -0.2) is 49.6 Å². The van der Waals surface area contributed by atoms with Crippen LogP contribution in [0.25, 0.3) is 0 Å². The van der Waals surface area contributed by atoms with E-state index in [1.54, 1.807) is 79.8 Å². The lowest BCUT2D eigenvalue weighted by atomic mass is 9.98. The second-order valence-electron chi connectivity index (χ2n) is 11.8. The van der Waals surface area contributed by atoms with Crippen molar-refractivity contribution in [1.82, 2.24) is 9.88 Å². The number of rotatable bonds is 12. The predicted octanol–water partition coefficient (Wildman–Crippen LogP) is 7.13. The van der Waals surface area contributed by atoms with Crippen molar-refractivity contribution >= 4 is 17.5 Å². The molecule has 1 fully saturated rings. The number of aromatic nitrogens is 1. The van der Waals surface area contributed by atoms with Gasteiger partial charge in [0.25, 0.3) is 5.91 Å². The SMILES string of the molecule is COc1ccc(CN(Cc2ccc(OC)cc2)C(=O)c2cc(N3CC(c4ccc(OC)c(Oc5ccccc5C#N)c4)CC3=O)ccn2)cc1. The van der Waals surface area contributed by atoms with E-state index in [1.807, 2.05) is 60.7 Å². The van der Waals surface area contributed by atoms with Crippen LogP contribution in [0, 0.1) is 11.3 Å². The Bertz CT molecular complexity index is 1970. The molecule has 6 rings (SSSR count). The summed E-state index contributed by atoms with van der Waals surface area (Å²) in [5, 5.41) is 9.53. The normalized spacial score (nSPS) is 13.8. The summed E-state index contributed by atoms with van der Waals surface area (Å²) in [5.41, 5.74) is 3.98. The topological polar surface area (TPSA) is 114 Å². The van der Waals surface area contributed by atoms with Crippen molar-refractivity contribution in [3.05, 3.63) is 137 Å². The molecule has 2 heterocycles. The van der Waals surface area contributed by atoms with E-state index in [1.165, 1.54) is 0 Å². The van der Waals surface area contributed by atoms with E-state index >= 15 is 0 Å². The number of carbonyl (C=O) groups excluding carboxylic acids is 2. The molecule has 1 aliphatic rings. The highest BCUT2D eigenvalue weighted by atomic mass is 16.5. The van der Waals surface area contributed by atoms with Gasteiger partial charge in [-0.1, -0.05) is 42.5 Å². The Kier molecular flexibility index (Phi) is 10.2. The Morgan fingerprint density at radius 1 is 0.820 bits per heavy atom. The van der Waals surface area contributed by atoms with Crippen molar-refractivity contribution in [2.75, 3.05) is 32.8 Å². The van der Waals surface area contributed by atoms with Crippen LogP contribution < -0.4 is 23.8 Å². The zero-order chi connectivity index (χ0) is 35.0. The molecule has 0 aliphatic carbocycles. The summed E-state index contributed by atoms with van der Waals surface area (Å²) >= 11 is 0. The number of pyridine rings is 1. The van der Waals surface area contributed by atoms with Crippen molar-refractivity contribution in [2.45, 2.75) is 25.4 Å². The molecule has 5 aromatic rings.